The van der Waals surface area contributed by atoms with Crippen LogP contribution >= 0.6 is 11.6 Å². The second-order valence-electron chi connectivity index (χ2n) is 6.14. The minimum atomic E-state index is -0.464. The van der Waals surface area contributed by atoms with Crippen molar-refractivity contribution >= 4 is 17.5 Å². The first-order valence-corrected chi connectivity index (χ1v) is 8.97. The fourth-order valence-electron chi connectivity index (χ4n) is 3.31. The lowest BCUT2D eigenvalue weighted by Gasteiger charge is -2.32. The van der Waals surface area contributed by atoms with Crippen LogP contribution in [0.1, 0.15) is 32.3 Å². The van der Waals surface area contributed by atoms with Crippen molar-refractivity contribution in [1.82, 2.24) is 15.5 Å². The first-order chi connectivity index (χ1) is 11.1. The molecule has 4 nitrogen and oxygen atoms in total. The zero-order valence-electron chi connectivity index (χ0n) is 14.2. The highest BCUT2D eigenvalue weighted by Crippen LogP contribution is 2.32. The van der Waals surface area contributed by atoms with Gasteiger partial charge in [0.05, 0.1) is 5.41 Å². The van der Waals surface area contributed by atoms with Crippen molar-refractivity contribution in [1.29, 1.82) is 0 Å². The van der Waals surface area contributed by atoms with Gasteiger partial charge in [0.2, 0.25) is 5.91 Å². The number of carbonyl (C=O) groups excluding carboxylic acids is 1. The minimum absolute atomic E-state index is 0.125. The second kappa shape index (κ2) is 8.67. The average Bonchev–Trinajstić information content (AvgIpc) is 2.59. The van der Waals surface area contributed by atoms with Crippen molar-refractivity contribution in [3.05, 3.63) is 34.9 Å². The lowest BCUT2D eigenvalue weighted by atomic mass is 9.75. The van der Waals surface area contributed by atoms with Crippen LogP contribution in [0.5, 0.6) is 0 Å². The van der Waals surface area contributed by atoms with Gasteiger partial charge in [0.25, 0.3) is 0 Å². The smallest absolute Gasteiger partial charge is 0.230 e. The summed E-state index contributed by atoms with van der Waals surface area (Å²) in [6.07, 6.45) is 1.56. The van der Waals surface area contributed by atoms with Gasteiger partial charge < -0.3 is 10.6 Å². The monoisotopic (exact) mass is 337 g/mol. The quantitative estimate of drug-likeness (QED) is 0.803. The number of halogens is 1. The van der Waals surface area contributed by atoms with Crippen LogP contribution in [-0.4, -0.2) is 50.1 Å². The van der Waals surface area contributed by atoms with E-state index in [0.29, 0.717) is 11.6 Å². The Hall–Kier alpha value is -1.10. The molecule has 5 heteroatoms. The molecule has 128 valence electrons. The molecule has 1 fully saturated rings. The third kappa shape index (κ3) is 4.46. The number of benzene rings is 1. The molecule has 0 saturated carbocycles. The highest BCUT2D eigenvalue weighted by Gasteiger charge is 2.36. The highest BCUT2D eigenvalue weighted by molar-refractivity contribution is 6.30. The van der Waals surface area contributed by atoms with Crippen molar-refractivity contribution in [2.75, 3.05) is 39.3 Å². The van der Waals surface area contributed by atoms with E-state index in [1.54, 1.807) is 0 Å². The van der Waals surface area contributed by atoms with E-state index in [1.165, 1.54) is 0 Å². The molecule has 0 unspecified atom stereocenters. The average molecular weight is 338 g/mol. The summed E-state index contributed by atoms with van der Waals surface area (Å²) >= 11 is 5.99. The molecule has 1 aliphatic heterocycles. The number of carbonyl (C=O) groups is 1. The normalized spacial score (nSPS) is 16.3. The van der Waals surface area contributed by atoms with Crippen LogP contribution in [0, 0.1) is 0 Å². The molecule has 1 aliphatic rings. The van der Waals surface area contributed by atoms with Gasteiger partial charge >= 0.3 is 0 Å². The molecule has 1 aromatic carbocycles. The molecule has 1 aromatic rings. The Morgan fingerprint density at radius 3 is 2.39 bits per heavy atom. The summed E-state index contributed by atoms with van der Waals surface area (Å²) < 4.78 is 0. The van der Waals surface area contributed by atoms with Crippen molar-refractivity contribution in [3.63, 3.8) is 0 Å². The van der Waals surface area contributed by atoms with E-state index in [2.05, 4.69) is 29.4 Å². The van der Waals surface area contributed by atoms with Crippen LogP contribution in [0.4, 0.5) is 0 Å². The first-order valence-electron chi connectivity index (χ1n) is 8.60. The molecule has 0 aliphatic carbocycles. The zero-order chi connectivity index (χ0) is 16.7. The second-order valence-corrected chi connectivity index (χ2v) is 6.58. The molecule has 0 bridgehead atoms. The van der Waals surface area contributed by atoms with Gasteiger partial charge in [-0.2, -0.15) is 0 Å². The van der Waals surface area contributed by atoms with Crippen molar-refractivity contribution in [2.24, 2.45) is 0 Å². The van der Waals surface area contributed by atoms with Gasteiger partial charge in [0.15, 0.2) is 0 Å². The maximum atomic E-state index is 12.9. The van der Waals surface area contributed by atoms with E-state index in [4.69, 9.17) is 11.6 Å². The molecular weight excluding hydrogens is 310 g/mol. The summed E-state index contributed by atoms with van der Waals surface area (Å²) in [5.41, 5.74) is 0.584. The number of nitrogens with one attached hydrogen (secondary N) is 2. The summed E-state index contributed by atoms with van der Waals surface area (Å²) in [5.74, 6) is 0.125. The third-order valence-corrected chi connectivity index (χ3v) is 5.21. The molecule has 0 atom stereocenters. The van der Waals surface area contributed by atoms with Gasteiger partial charge in [0, 0.05) is 44.3 Å². The van der Waals surface area contributed by atoms with Crippen LogP contribution in [0.25, 0.3) is 0 Å². The lowest BCUT2D eigenvalue weighted by molar-refractivity contribution is -0.127. The van der Waals surface area contributed by atoms with E-state index < -0.39 is 5.41 Å². The molecule has 2 N–H and O–H groups in total. The summed E-state index contributed by atoms with van der Waals surface area (Å²) in [6, 6.07) is 7.69. The van der Waals surface area contributed by atoms with E-state index in [9.17, 15) is 4.79 Å². The third-order valence-electron chi connectivity index (χ3n) is 4.96. The van der Waals surface area contributed by atoms with Crippen molar-refractivity contribution in [3.8, 4) is 0 Å². The summed E-state index contributed by atoms with van der Waals surface area (Å²) in [6.45, 7) is 9.95. The largest absolute Gasteiger partial charge is 0.354 e. The predicted molar refractivity (Wildman–Crippen MR) is 96.0 cm³/mol. The van der Waals surface area contributed by atoms with Gasteiger partial charge in [-0.15, -0.1) is 0 Å². The van der Waals surface area contributed by atoms with Gasteiger partial charge in [-0.1, -0.05) is 37.6 Å². The van der Waals surface area contributed by atoms with Crippen LogP contribution in [0.3, 0.4) is 0 Å². The number of amides is 1. The number of hydrogen-bond donors (Lipinski definition) is 2. The topological polar surface area (TPSA) is 44.4 Å². The number of piperazine rings is 1. The zero-order valence-corrected chi connectivity index (χ0v) is 15.0. The van der Waals surface area contributed by atoms with Crippen molar-refractivity contribution < 1.29 is 4.79 Å². The molecule has 1 amide bonds. The lowest BCUT2D eigenvalue weighted by Crippen LogP contribution is -2.49. The Bertz CT molecular complexity index is 493. The Balaban J connectivity index is 1.98. The standard InChI is InChI=1S/C18H28ClN3O/c1-3-18(4-2,15-5-7-16(19)8-6-15)17(23)21-11-14-22-12-9-20-10-13-22/h5-8,20H,3-4,9-14H2,1-2H3,(H,21,23). The molecule has 23 heavy (non-hydrogen) atoms. The van der Waals surface area contributed by atoms with E-state index in [0.717, 1.165) is 51.1 Å². The van der Waals surface area contributed by atoms with E-state index >= 15 is 0 Å². The van der Waals surface area contributed by atoms with Gasteiger partial charge in [-0.3, -0.25) is 9.69 Å². The van der Waals surface area contributed by atoms with Crippen molar-refractivity contribution in [2.45, 2.75) is 32.1 Å². The number of nitrogens with zero attached hydrogens (tertiary/aromatic N) is 1. The van der Waals surface area contributed by atoms with Crippen LogP contribution in [-0.2, 0) is 10.2 Å². The molecule has 1 heterocycles. The molecule has 0 radical (unpaired) electrons. The Morgan fingerprint density at radius 2 is 1.83 bits per heavy atom. The molecule has 2 rings (SSSR count). The van der Waals surface area contributed by atoms with Crippen LogP contribution in [0.2, 0.25) is 5.02 Å². The van der Waals surface area contributed by atoms with Gasteiger partial charge in [-0.05, 0) is 30.5 Å². The number of hydrogen-bond acceptors (Lipinski definition) is 3. The van der Waals surface area contributed by atoms with Gasteiger partial charge in [-0.25, -0.2) is 0 Å². The SMILES string of the molecule is CCC(CC)(C(=O)NCCN1CCNCC1)c1ccc(Cl)cc1. The number of rotatable bonds is 7. The first kappa shape index (κ1) is 18.2. The Morgan fingerprint density at radius 1 is 1.22 bits per heavy atom. The maximum absolute atomic E-state index is 12.9. The fraction of sp³-hybridized carbons (Fsp3) is 0.611. The van der Waals surface area contributed by atoms with Crippen LogP contribution < -0.4 is 10.6 Å². The Kier molecular flexibility index (Phi) is 6.88. The summed E-state index contributed by atoms with van der Waals surface area (Å²) in [5, 5.41) is 7.20. The Labute approximate surface area is 144 Å². The summed E-state index contributed by atoms with van der Waals surface area (Å²) in [7, 11) is 0. The molecular formula is C18H28ClN3O. The summed E-state index contributed by atoms with van der Waals surface area (Å²) in [4.78, 5) is 15.3. The highest BCUT2D eigenvalue weighted by atomic mass is 35.5. The van der Waals surface area contributed by atoms with Crippen LogP contribution in [0.15, 0.2) is 24.3 Å². The fourth-order valence-corrected chi connectivity index (χ4v) is 3.44. The molecule has 0 aromatic heterocycles. The molecule has 1 saturated heterocycles. The van der Waals surface area contributed by atoms with E-state index in [1.807, 2.05) is 24.3 Å². The van der Waals surface area contributed by atoms with Gasteiger partial charge in [0.1, 0.15) is 0 Å². The van der Waals surface area contributed by atoms with E-state index in [-0.39, 0.29) is 5.91 Å². The predicted octanol–water partition coefficient (Wildman–Crippen LogP) is 2.42. The minimum Gasteiger partial charge on any atom is -0.354 e. The molecule has 0 spiro atoms. The maximum Gasteiger partial charge on any atom is 0.230 e.